The first-order chi connectivity index (χ1) is 8.56. The van der Waals surface area contributed by atoms with Crippen LogP contribution in [0.3, 0.4) is 0 Å². The van der Waals surface area contributed by atoms with E-state index >= 15 is 0 Å². The third-order valence-electron chi connectivity index (χ3n) is 3.86. The Morgan fingerprint density at radius 3 is 2.53 bits per heavy atom. The third-order valence-corrected chi connectivity index (χ3v) is 3.86. The molecule has 0 radical (unpaired) electrons. The van der Waals surface area contributed by atoms with Crippen molar-refractivity contribution < 1.29 is 4.79 Å². The molecule has 106 valence electrons. The summed E-state index contributed by atoms with van der Waals surface area (Å²) >= 11 is 0. The lowest BCUT2D eigenvalue weighted by molar-refractivity contribution is -0.129. The Labute approximate surface area is 121 Å². The SMILES string of the molecule is CC(C)C1CCN(C(=O)Cc2ccc(N)cc2)C1.Cl. The number of rotatable bonds is 3. The number of amides is 1. The number of anilines is 1. The van der Waals surface area contributed by atoms with E-state index in [0.29, 0.717) is 18.3 Å². The number of hydrogen-bond acceptors (Lipinski definition) is 2. The van der Waals surface area contributed by atoms with Crippen molar-refractivity contribution in [3.63, 3.8) is 0 Å². The zero-order chi connectivity index (χ0) is 13.1. The van der Waals surface area contributed by atoms with E-state index in [0.717, 1.165) is 30.8 Å². The number of carbonyl (C=O) groups is 1. The van der Waals surface area contributed by atoms with Crippen molar-refractivity contribution in [1.29, 1.82) is 0 Å². The molecule has 1 aromatic rings. The molecule has 1 aromatic carbocycles. The highest BCUT2D eigenvalue weighted by atomic mass is 35.5. The molecule has 1 saturated heterocycles. The molecule has 1 fully saturated rings. The summed E-state index contributed by atoms with van der Waals surface area (Å²) in [6.07, 6.45) is 1.64. The van der Waals surface area contributed by atoms with Gasteiger partial charge in [0.2, 0.25) is 5.91 Å². The van der Waals surface area contributed by atoms with E-state index in [1.54, 1.807) is 0 Å². The van der Waals surface area contributed by atoms with Gasteiger partial charge in [-0.3, -0.25) is 4.79 Å². The van der Waals surface area contributed by atoms with Crippen LogP contribution in [0.4, 0.5) is 5.69 Å². The lowest BCUT2D eigenvalue weighted by atomic mass is 9.95. The van der Waals surface area contributed by atoms with Gasteiger partial charge in [0.1, 0.15) is 0 Å². The van der Waals surface area contributed by atoms with Crippen molar-refractivity contribution >= 4 is 24.0 Å². The molecular formula is C15H23ClN2O. The first kappa shape index (κ1) is 15.8. The Morgan fingerprint density at radius 2 is 2.00 bits per heavy atom. The molecular weight excluding hydrogens is 260 g/mol. The van der Waals surface area contributed by atoms with E-state index in [-0.39, 0.29) is 18.3 Å². The molecule has 0 saturated carbocycles. The van der Waals surface area contributed by atoms with Crippen LogP contribution in [0.15, 0.2) is 24.3 Å². The van der Waals surface area contributed by atoms with Gasteiger partial charge < -0.3 is 10.6 Å². The first-order valence-corrected chi connectivity index (χ1v) is 6.68. The highest BCUT2D eigenvalue weighted by Gasteiger charge is 2.27. The average Bonchev–Trinajstić information content (AvgIpc) is 2.81. The molecule has 0 aromatic heterocycles. The summed E-state index contributed by atoms with van der Waals surface area (Å²) in [4.78, 5) is 14.2. The Kier molecular flexibility index (Phi) is 5.67. The van der Waals surface area contributed by atoms with Crippen LogP contribution in [0.25, 0.3) is 0 Å². The number of nitrogens with zero attached hydrogens (tertiary/aromatic N) is 1. The summed E-state index contributed by atoms with van der Waals surface area (Å²) in [5.74, 6) is 1.57. The fourth-order valence-electron chi connectivity index (χ4n) is 2.48. The molecule has 2 N–H and O–H groups in total. The van der Waals surface area contributed by atoms with Crippen molar-refractivity contribution in [2.45, 2.75) is 26.7 Å². The molecule has 1 aliphatic heterocycles. The van der Waals surface area contributed by atoms with E-state index in [9.17, 15) is 4.79 Å². The minimum Gasteiger partial charge on any atom is -0.399 e. The normalized spacial score (nSPS) is 18.5. The smallest absolute Gasteiger partial charge is 0.226 e. The molecule has 0 bridgehead atoms. The molecule has 1 heterocycles. The zero-order valence-corrected chi connectivity index (χ0v) is 12.5. The monoisotopic (exact) mass is 282 g/mol. The van der Waals surface area contributed by atoms with Crippen LogP contribution >= 0.6 is 12.4 Å². The maximum absolute atomic E-state index is 12.2. The second-order valence-corrected chi connectivity index (χ2v) is 5.55. The summed E-state index contributed by atoms with van der Waals surface area (Å²) in [5, 5.41) is 0. The van der Waals surface area contributed by atoms with Gasteiger partial charge in [0, 0.05) is 18.8 Å². The molecule has 1 aliphatic rings. The molecule has 1 atom stereocenters. The largest absolute Gasteiger partial charge is 0.399 e. The highest BCUT2D eigenvalue weighted by molar-refractivity contribution is 5.85. The van der Waals surface area contributed by atoms with Gasteiger partial charge in [-0.2, -0.15) is 0 Å². The first-order valence-electron chi connectivity index (χ1n) is 6.68. The Bertz CT molecular complexity index is 417. The van der Waals surface area contributed by atoms with E-state index in [4.69, 9.17) is 5.73 Å². The van der Waals surface area contributed by atoms with E-state index < -0.39 is 0 Å². The molecule has 3 nitrogen and oxygen atoms in total. The molecule has 0 spiro atoms. The molecule has 2 rings (SSSR count). The lowest BCUT2D eigenvalue weighted by Gasteiger charge is -2.18. The average molecular weight is 283 g/mol. The topological polar surface area (TPSA) is 46.3 Å². The summed E-state index contributed by atoms with van der Waals surface area (Å²) in [6.45, 7) is 6.30. The van der Waals surface area contributed by atoms with E-state index in [1.165, 1.54) is 0 Å². The standard InChI is InChI=1S/C15H22N2O.ClH/c1-11(2)13-7-8-17(10-13)15(18)9-12-3-5-14(16)6-4-12;/h3-6,11,13H,7-10,16H2,1-2H3;1H. The van der Waals surface area contributed by atoms with Crippen LogP contribution in [-0.2, 0) is 11.2 Å². The van der Waals surface area contributed by atoms with Crippen LogP contribution in [-0.4, -0.2) is 23.9 Å². The van der Waals surface area contributed by atoms with Gasteiger partial charge in [-0.15, -0.1) is 12.4 Å². The van der Waals surface area contributed by atoms with Gasteiger partial charge in [-0.05, 0) is 36.0 Å². The van der Waals surface area contributed by atoms with Gasteiger partial charge in [-0.25, -0.2) is 0 Å². The predicted molar refractivity (Wildman–Crippen MR) is 81.3 cm³/mol. The van der Waals surface area contributed by atoms with Crippen LogP contribution in [0.2, 0.25) is 0 Å². The summed E-state index contributed by atoms with van der Waals surface area (Å²) in [5.41, 5.74) is 7.42. The molecule has 4 heteroatoms. The number of nitrogen functional groups attached to an aromatic ring is 1. The molecule has 0 aliphatic carbocycles. The summed E-state index contributed by atoms with van der Waals surface area (Å²) in [6, 6.07) is 7.57. The number of benzene rings is 1. The van der Waals surface area contributed by atoms with Crippen LogP contribution < -0.4 is 5.73 Å². The van der Waals surface area contributed by atoms with Crippen LogP contribution in [0.5, 0.6) is 0 Å². The fourth-order valence-corrected chi connectivity index (χ4v) is 2.48. The second-order valence-electron chi connectivity index (χ2n) is 5.55. The molecule has 19 heavy (non-hydrogen) atoms. The number of halogens is 1. The lowest BCUT2D eigenvalue weighted by Crippen LogP contribution is -2.30. The Hall–Kier alpha value is -1.22. The van der Waals surface area contributed by atoms with Crippen molar-refractivity contribution in [2.24, 2.45) is 11.8 Å². The maximum Gasteiger partial charge on any atom is 0.226 e. The Balaban J connectivity index is 0.00000180. The number of nitrogens with two attached hydrogens (primary N) is 1. The highest BCUT2D eigenvalue weighted by Crippen LogP contribution is 2.24. The van der Waals surface area contributed by atoms with Crippen molar-refractivity contribution in [3.8, 4) is 0 Å². The van der Waals surface area contributed by atoms with E-state index in [1.807, 2.05) is 29.2 Å². The van der Waals surface area contributed by atoms with Gasteiger partial charge >= 0.3 is 0 Å². The quantitative estimate of drug-likeness (QED) is 0.867. The third kappa shape index (κ3) is 4.13. The van der Waals surface area contributed by atoms with Gasteiger partial charge in [0.05, 0.1) is 6.42 Å². The van der Waals surface area contributed by atoms with Crippen molar-refractivity contribution in [3.05, 3.63) is 29.8 Å². The minimum absolute atomic E-state index is 0. The van der Waals surface area contributed by atoms with Crippen molar-refractivity contribution in [2.75, 3.05) is 18.8 Å². The Morgan fingerprint density at radius 1 is 1.37 bits per heavy atom. The van der Waals surface area contributed by atoms with Crippen LogP contribution in [0, 0.1) is 11.8 Å². The summed E-state index contributed by atoms with van der Waals surface area (Å²) in [7, 11) is 0. The maximum atomic E-state index is 12.2. The number of hydrogen-bond donors (Lipinski definition) is 1. The molecule has 1 amide bonds. The molecule has 1 unspecified atom stereocenters. The predicted octanol–water partition coefficient (Wildman–Crippen LogP) is 2.74. The second kappa shape index (κ2) is 6.80. The summed E-state index contributed by atoms with van der Waals surface area (Å²) < 4.78 is 0. The van der Waals surface area contributed by atoms with Gasteiger partial charge in [0.25, 0.3) is 0 Å². The minimum atomic E-state index is 0. The van der Waals surface area contributed by atoms with Gasteiger partial charge in [0.15, 0.2) is 0 Å². The van der Waals surface area contributed by atoms with Gasteiger partial charge in [-0.1, -0.05) is 26.0 Å². The van der Waals surface area contributed by atoms with Crippen LogP contribution in [0.1, 0.15) is 25.8 Å². The fraction of sp³-hybridized carbons (Fsp3) is 0.533. The van der Waals surface area contributed by atoms with Crippen molar-refractivity contribution in [1.82, 2.24) is 4.90 Å². The number of carbonyl (C=O) groups excluding carboxylic acids is 1. The number of likely N-dealkylation sites (tertiary alicyclic amines) is 1. The van der Waals surface area contributed by atoms with E-state index in [2.05, 4.69) is 13.8 Å². The zero-order valence-electron chi connectivity index (χ0n) is 11.6.